The van der Waals surface area contributed by atoms with Gasteiger partial charge in [0, 0.05) is 6.04 Å². The van der Waals surface area contributed by atoms with Crippen LogP contribution in [-0.4, -0.2) is 18.6 Å². The lowest BCUT2D eigenvalue weighted by atomic mass is 9.94. The summed E-state index contributed by atoms with van der Waals surface area (Å²) in [6, 6.07) is -0.413. The first-order valence-corrected chi connectivity index (χ1v) is 3.64. The Hall–Kier alpha value is -0.570. The number of hydrogen-bond donors (Lipinski definition) is 1. The molecule has 0 radical (unpaired) electrons. The number of carboxylic acid groups (broad SMARTS) is 1. The van der Waals surface area contributed by atoms with Crippen LogP contribution in [0.25, 0.3) is 0 Å². The molecule has 1 aliphatic rings. The van der Waals surface area contributed by atoms with E-state index in [0.717, 1.165) is 13.0 Å². The zero-order valence-electron chi connectivity index (χ0n) is 6.09. The summed E-state index contributed by atoms with van der Waals surface area (Å²) in [4.78, 5) is 10.3. The van der Waals surface area contributed by atoms with E-state index in [1.807, 2.05) is 0 Å². The van der Waals surface area contributed by atoms with Gasteiger partial charge >= 0.3 is 0 Å². The number of piperidine rings is 1. The molecule has 1 heterocycles. The molecular weight excluding hydrogens is 130 g/mol. The lowest BCUT2D eigenvalue weighted by Crippen LogP contribution is -2.49. The molecule has 3 nitrogen and oxygen atoms in total. The Morgan fingerprint density at radius 2 is 2.40 bits per heavy atom. The van der Waals surface area contributed by atoms with Crippen LogP contribution < -0.4 is 10.4 Å². The Morgan fingerprint density at radius 1 is 1.70 bits per heavy atom. The fraction of sp³-hybridized carbons (Fsp3) is 0.857. The van der Waals surface area contributed by atoms with Crippen molar-refractivity contribution in [2.75, 3.05) is 6.54 Å². The summed E-state index contributed by atoms with van der Waals surface area (Å²) < 4.78 is 0. The minimum absolute atomic E-state index is 0.413. The van der Waals surface area contributed by atoms with Crippen LogP contribution in [0.2, 0.25) is 0 Å². The monoisotopic (exact) mass is 142 g/mol. The molecule has 0 aliphatic carbocycles. The molecule has 0 unspecified atom stereocenters. The lowest BCUT2D eigenvalue weighted by molar-refractivity contribution is -0.309. The minimum atomic E-state index is -0.966. The van der Waals surface area contributed by atoms with Gasteiger partial charge in [0.25, 0.3) is 0 Å². The average Bonchev–Trinajstić information content (AvgIpc) is 1.88. The predicted octanol–water partition coefficient (Wildman–Crippen LogP) is -0.876. The zero-order chi connectivity index (χ0) is 7.56. The Morgan fingerprint density at radius 3 is 2.80 bits per heavy atom. The van der Waals surface area contributed by atoms with Crippen molar-refractivity contribution in [2.45, 2.75) is 25.8 Å². The Kier molecular flexibility index (Phi) is 2.27. The second-order valence-electron chi connectivity index (χ2n) is 2.96. The highest BCUT2D eigenvalue weighted by molar-refractivity contribution is 5.71. The van der Waals surface area contributed by atoms with E-state index < -0.39 is 12.0 Å². The van der Waals surface area contributed by atoms with E-state index in [2.05, 4.69) is 12.2 Å². The van der Waals surface area contributed by atoms with E-state index in [1.165, 1.54) is 0 Å². The van der Waals surface area contributed by atoms with E-state index in [0.29, 0.717) is 12.3 Å². The molecule has 1 aliphatic heterocycles. The Balaban J connectivity index is 2.39. The summed E-state index contributed by atoms with van der Waals surface area (Å²) in [5.41, 5.74) is 0. The van der Waals surface area contributed by atoms with E-state index >= 15 is 0 Å². The van der Waals surface area contributed by atoms with E-state index in [-0.39, 0.29) is 0 Å². The first kappa shape index (κ1) is 7.54. The molecule has 1 rings (SSSR count). The van der Waals surface area contributed by atoms with Gasteiger partial charge in [0.15, 0.2) is 0 Å². The largest absolute Gasteiger partial charge is 0.548 e. The maximum atomic E-state index is 10.3. The number of nitrogens with one attached hydrogen (secondary N) is 1. The fourth-order valence-corrected chi connectivity index (χ4v) is 1.29. The molecule has 3 heteroatoms. The van der Waals surface area contributed by atoms with Crippen molar-refractivity contribution < 1.29 is 9.90 Å². The maximum absolute atomic E-state index is 10.3. The van der Waals surface area contributed by atoms with Crippen LogP contribution in [0.4, 0.5) is 0 Å². The van der Waals surface area contributed by atoms with Gasteiger partial charge in [-0.05, 0) is 25.3 Å². The summed E-state index contributed by atoms with van der Waals surface area (Å²) in [5.74, 6) is -0.448. The third kappa shape index (κ3) is 1.70. The first-order valence-electron chi connectivity index (χ1n) is 3.64. The molecule has 0 amide bonds. The van der Waals surface area contributed by atoms with Gasteiger partial charge in [0.2, 0.25) is 0 Å². The Labute approximate surface area is 60.4 Å². The predicted molar refractivity (Wildman–Crippen MR) is 35.2 cm³/mol. The third-order valence-electron chi connectivity index (χ3n) is 1.95. The highest BCUT2D eigenvalue weighted by Gasteiger charge is 2.18. The molecular formula is C7H12NO2-. The molecule has 0 aromatic carbocycles. The smallest absolute Gasteiger partial charge is 0.0584 e. The molecule has 0 spiro atoms. The van der Waals surface area contributed by atoms with Crippen LogP contribution in [0.1, 0.15) is 19.8 Å². The van der Waals surface area contributed by atoms with Gasteiger partial charge in [-0.3, -0.25) is 0 Å². The summed E-state index contributed by atoms with van der Waals surface area (Å²) >= 11 is 0. The Bertz CT molecular complexity index is 136. The van der Waals surface area contributed by atoms with Crippen LogP contribution in [0.15, 0.2) is 0 Å². The highest BCUT2D eigenvalue weighted by Crippen LogP contribution is 2.13. The van der Waals surface area contributed by atoms with Crippen LogP contribution in [0, 0.1) is 5.92 Å². The van der Waals surface area contributed by atoms with Gasteiger partial charge < -0.3 is 15.2 Å². The molecule has 10 heavy (non-hydrogen) atoms. The minimum Gasteiger partial charge on any atom is -0.548 e. The summed E-state index contributed by atoms with van der Waals surface area (Å²) in [5, 5.41) is 13.2. The van der Waals surface area contributed by atoms with Crippen molar-refractivity contribution in [3.05, 3.63) is 0 Å². The van der Waals surface area contributed by atoms with Gasteiger partial charge in [-0.25, -0.2) is 0 Å². The normalized spacial score (nSPS) is 33.7. The van der Waals surface area contributed by atoms with E-state index in [1.54, 1.807) is 0 Å². The van der Waals surface area contributed by atoms with Crippen LogP contribution >= 0.6 is 0 Å². The molecule has 0 aromatic rings. The van der Waals surface area contributed by atoms with Crippen molar-refractivity contribution in [3.63, 3.8) is 0 Å². The van der Waals surface area contributed by atoms with E-state index in [9.17, 15) is 9.90 Å². The number of carbonyl (C=O) groups is 1. The van der Waals surface area contributed by atoms with Crippen molar-refractivity contribution in [1.29, 1.82) is 0 Å². The van der Waals surface area contributed by atoms with Crippen molar-refractivity contribution in [3.8, 4) is 0 Å². The van der Waals surface area contributed by atoms with Crippen LogP contribution in [0.5, 0.6) is 0 Å². The van der Waals surface area contributed by atoms with Gasteiger partial charge in [-0.2, -0.15) is 0 Å². The lowest BCUT2D eigenvalue weighted by Gasteiger charge is -2.28. The molecule has 0 bridgehead atoms. The SMILES string of the molecule is C[C@@H]1CCN[C@@H](C(=O)[O-])C1. The molecule has 0 saturated carbocycles. The van der Waals surface area contributed by atoms with E-state index in [4.69, 9.17) is 0 Å². The van der Waals surface area contributed by atoms with Crippen LogP contribution in [0.3, 0.4) is 0 Å². The van der Waals surface area contributed by atoms with Gasteiger partial charge in [-0.15, -0.1) is 0 Å². The molecule has 0 aromatic heterocycles. The fourth-order valence-electron chi connectivity index (χ4n) is 1.29. The third-order valence-corrected chi connectivity index (χ3v) is 1.95. The number of rotatable bonds is 1. The highest BCUT2D eigenvalue weighted by atomic mass is 16.4. The molecule has 58 valence electrons. The summed E-state index contributed by atoms with van der Waals surface area (Å²) in [6.45, 7) is 2.87. The molecule has 1 N–H and O–H groups in total. The van der Waals surface area contributed by atoms with Crippen molar-refractivity contribution >= 4 is 5.97 Å². The molecule has 1 fully saturated rings. The summed E-state index contributed by atoms with van der Waals surface area (Å²) in [7, 11) is 0. The second kappa shape index (κ2) is 3.01. The van der Waals surface area contributed by atoms with Crippen molar-refractivity contribution in [2.24, 2.45) is 5.92 Å². The summed E-state index contributed by atoms with van der Waals surface area (Å²) in [6.07, 6.45) is 1.78. The maximum Gasteiger partial charge on any atom is 0.0584 e. The number of carboxylic acids is 1. The quantitative estimate of drug-likeness (QED) is 0.517. The number of carbonyl (C=O) groups excluding carboxylic acids is 1. The van der Waals surface area contributed by atoms with Crippen LogP contribution in [-0.2, 0) is 4.79 Å². The molecule has 1 saturated heterocycles. The number of hydrogen-bond acceptors (Lipinski definition) is 3. The van der Waals surface area contributed by atoms with Crippen molar-refractivity contribution in [1.82, 2.24) is 5.32 Å². The first-order chi connectivity index (χ1) is 4.70. The second-order valence-corrected chi connectivity index (χ2v) is 2.96. The average molecular weight is 142 g/mol. The topological polar surface area (TPSA) is 52.2 Å². The molecule has 2 atom stereocenters. The van der Waals surface area contributed by atoms with Gasteiger partial charge in [0.1, 0.15) is 0 Å². The van der Waals surface area contributed by atoms with Gasteiger partial charge in [0.05, 0.1) is 5.97 Å². The number of aliphatic carboxylic acids is 1. The van der Waals surface area contributed by atoms with Gasteiger partial charge in [-0.1, -0.05) is 6.92 Å². The standard InChI is InChI=1S/C7H13NO2/c1-5-2-3-8-6(4-5)7(9)10/h5-6,8H,2-4H2,1H3,(H,9,10)/p-1/t5-,6-/m1/s1. The zero-order valence-corrected chi connectivity index (χ0v) is 6.09.